The summed E-state index contributed by atoms with van der Waals surface area (Å²) in [5, 5.41) is 2.76. The number of halogens is 1. The highest BCUT2D eigenvalue weighted by Crippen LogP contribution is 2.19. The van der Waals surface area contributed by atoms with Crippen molar-refractivity contribution in [1.29, 1.82) is 0 Å². The monoisotopic (exact) mass is 347 g/mol. The summed E-state index contributed by atoms with van der Waals surface area (Å²) in [5.41, 5.74) is 0. The molecule has 0 radical (unpaired) electrons. The van der Waals surface area contributed by atoms with E-state index in [2.05, 4.69) is 5.32 Å². The molecule has 132 valence electrons. The number of carbonyl (C=O) groups is 2. The van der Waals surface area contributed by atoms with Crippen molar-refractivity contribution >= 4 is 11.9 Å². The van der Waals surface area contributed by atoms with E-state index in [0.717, 1.165) is 12.8 Å². The van der Waals surface area contributed by atoms with Crippen LogP contribution in [-0.2, 0) is 16.1 Å². The Labute approximate surface area is 143 Å². The fourth-order valence-electron chi connectivity index (χ4n) is 2.07. The first-order valence-corrected chi connectivity index (χ1v) is 7.99. The minimum Gasteiger partial charge on any atom is -0.486 e. The first kappa shape index (κ1) is 17.0. The summed E-state index contributed by atoms with van der Waals surface area (Å²) in [6, 6.07) is 8.79. The van der Waals surface area contributed by atoms with E-state index in [-0.39, 0.29) is 30.1 Å². The number of hydrogen-bond donors (Lipinski definition) is 1. The highest BCUT2D eigenvalue weighted by atomic mass is 19.1. The number of rotatable bonds is 7. The van der Waals surface area contributed by atoms with E-state index in [1.54, 1.807) is 6.07 Å². The third-order valence-electron chi connectivity index (χ3n) is 3.63. The van der Waals surface area contributed by atoms with Crippen LogP contribution < -0.4 is 10.1 Å². The normalized spacial score (nSPS) is 14.6. The summed E-state index contributed by atoms with van der Waals surface area (Å²) in [4.78, 5) is 23.8. The molecule has 1 amide bonds. The molecule has 2 aromatic rings. The van der Waals surface area contributed by atoms with Crippen molar-refractivity contribution in [3.8, 4) is 5.75 Å². The molecule has 1 saturated carbocycles. The number of amides is 1. The van der Waals surface area contributed by atoms with E-state index in [1.807, 2.05) is 0 Å². The average molecular weight is 347 g/mol. The van der Waals surface area contributed by atoms with Gasteiger partial charge in [-0.25, -0.2) is 9.18 Å². The maximum absolute atomic E-state index is 12.8. The molecular formula is C18H18FNO5. The molecule has 1 aliphatic rings. The number of ether oxygens (including phenoxy) is 2. The molecule has 0 unspecified atom stereocenters. The van der Waals surface area contributed by atoms with Crippen LogP contribution >= 0.6 is 0 Å². The van der Waals surface area contributed by atoms with Crippen molar-refractivity contribution in [2.45, 2.75) is 38.5 Å². The molecule has 3 rings (SSSR count). The third-order valence-corrected chi connectivity index (χ3v) is 3.63. The molecule has 0 spiro atoms. The van der Waals surface area contributed by atoms with Crippen LogP contribution in [0.2, 0.25) is 0 Å². The highest BCUT2D eigenvalue weighted by molar-refractivity contribution is 5.90. The fraction of sp³-hybridized carbons (Fsp3) is 0.333. The minimum atomic E-state index is -0.892. The van der Waals surface area contributed by atoms with E-state index in [4.69, 9.17) is 13.9 Å². The molecule has 6 nitrogen and oxygen atoms in total. The van der Waals surface area contributed by atoms with Gasteiger partial charge in [-0.2, -0.15) is 0 Å². The van der Waals surface area contributed by atoms with Gasteiger partial charge in [-0.1, -0.05) is 0 Å². The van der Waals surface area contributed by atoms with Crippen LogP contribution in [0.3, 0.4) is 0 Å². The summed E-state index contributed by atoms with van der Waals surface area (Å²) in [6.45, 7) is 1.59. The molecule has 1 N–H and O–H groups in total. The topological polar surface area (TPSA) is 77.8 Å². The number of hydrogen-bond acceptors (Lipinski definition) is 5. The Kier molecular flexibility index (Phi) is 5.02. The highest BCUT2D eigenvalue weighted by Gasteiger charge is 2.28. The van der Waals surface area contributed by atoms with Crippen molar-refractivity contribution in [2.24, 2.45) is 0 Å². The van der Waals surface area contributed by atoms with Crippen LogP contribution in [0.5, 0.6) is 5.75 Å². The maximum atomic E-state index is 12.8. The van der Waals surface area contributed by atoms with Gasteiger partial charge in [-0.05, 0) is 56.2 Å². The lowest BCUT2D eigenvalue weighted by molar-refractivity contribution is -0.129. The lowest BCUT2D eigenvalue weighted by Gasteiger charge is -2.12. The summed E-state index contributed by atoms with van der Waals surface area (Å²) >= 11 is 0. The van der Waals surface area contributed by atoms with Gasteiger partial charge < -0.3 is 19.2 Å². The zero-order chi connectivity index (χ0) is 17.8. The Morgan fingerprint density at radius 1 is 1.24 bits per heavy atom. The van der Waals surface area contributed by atoms with E-state index < -0.39 is 12.1 Å². The van der Waals surface area contributed by atoms with Crippen LogP contribution in [0.25, 0.3) is 0 Å². The fourth-order valence-corrected chi connectivity index (χ4v) is 2.07. The second-order valence-electron chi connectivity index (χ2n) is 5.84. The molecule has 1 aliphatic carbocycles. The van der Waals surface area contributed by atoms with E-state index >= 15 is 0 Å². The van der Waals surface area contributed by atoms with Gasteiger partial charge in [0.2, 0.25) is 5.76 Å². The zero-order valence-corrected chi connectivity index (χ0v) is 13.7. The Bertz CT molecular complexity index is 751. The minimum absolute atomic E-state index is 0.0104. The third kappa shape index (κ3) is 4.82. The molecule has 0 aliphatic heterocycles. The number of furan rings is 1. The van der Waals surface area contributed by atoms with Gasteiger partial charge in [0.15, 0.2) is 6.10 Å². The van der Waals surface area contributed by atoms with Gasteiger partial charge in [-0.3, -0.25) is 4.79 Å². The molecule has 0 saturated heterocycles. The Morgan fingerprint density at radius 2 is 1.96 bits per heavy atom. The van der Waals surface area contributed by atoms with Crippen LogP contribution in [0.4, 0.5) is 4.39 Å². The largest absolute Gasteiger partial charge is 0.486 e. The predicted octanol–water partition coefficient (Wildman–Crippen LogP) is 2.82. The molecule has 1 atom stereocenters. The summed E-state index contributed by atoms with van der Waals surface area (Å²) in [6.07, 6.45) is 1.03. The Hall–Kier alpha value is -2.83. The Balaban J connectivity index is 1.50. The SMILES string of the molecule is C[C@@H](OC(=O)c1ccc(COc2ccc(F)cc2)o1)C(=O)NC1CC1. The lowest BCUT2D eigenvalue weighted by atomic mass is 10.3. The summed E-state index contributed by atoms with van der Waals surface area (Å²) < 4.78 is 28.7. The van der Waals surface area contributed by atoms with Crippen molar-refractivity contribution in [2.75, 3.05) is 0 Å². The summed E-state index contributed by atoms with van der Waals surface area (Å²) in [5.74, 6) is -0.508. The van der Waals surface area contributed by atoms with Gasteiger partial charge in [0.25, 0.3) is 5.91 Å². The van der Waals surface area contributed by atoms with Crippen molar-refractivity contribution in [3.63, 3.8) is 0 Å². The molecule has 1 aromatic carbocycles. The molecular weight excluding hydrogens is 329 g/mol. The molecule has 0 bridgehead atoms. The smallest absolute Gasteiger partial charge is 0.375 e. The van der Waals surface area contributed by atoms with Gasteiger partial charge in [0.1, 0.15) is 23.9 Å². The van der Waals surface area contributed by atoms with Crippen LogP contribution in [-0.4, -0.2) is 24.0 Å². The summed E-state index contributed by atoms with van der Waals surface area (Å²) in [7, 11) is 0. The van der Waals surface area contributed by atoms with E-state index in [9.17, 15) is 14.0 Å². The van der Waals surface area contributed by atoms with Gasteiger partial charge >= 0.3 is 5.97 Å². The van der Waals surface area contributed by atoms with Crippen LogP contribution in [0.1, 0.15) is 36.1 Å². The van der Waals surface area contributed by atoms with Gasteiger partial charge in [0.05, 0.1) is 0 Å². The standard InChI is InChI=1S/C18H18FNO5/c1-11(17(21)20-13-4-5-13)24-18(22)16-9-8-15(25-16)10-23-14-6-2-12(19)3-7-14/h2-3,6-9,11,13H,4-5,10H2,1H3,(H,20,21)/t11-/m1/s1. The van der Waals surface area contributed by atoms with Crippen molar-refractivity contribution in [3.05, 3.63) is 53.7 Å². The quantitative estimate of drug-likeness (QED) is 0.779. The predicted molar refractivity (Wildman–Crippen MR) is 85.5 cm³/mol. The lowest BCUT2D eigenvalue weighted by Crippen LogP contribution is -2.37. The van der Waals surface area contributed by atoms with E-state index in [0.29, 0.717) is 11.5 Å². The molecule has 7 heteroatoms. The van der Waals surface area contributed by atoms with Crippen LogP contribution in [0, 0.1) is 5.82 Å². The number of carbonyl (C=O) groups excluding carboxylic acids is 2. The number of benzene rings is 1. The molecule has 1 aromatic heterocycles. The van der Waals surface area contributed by atoms with Gasteiger partial charge in [-0.15, -0.1) is 0 Å². The van der Waals surface area contributed by atoms with Crippen molar-refractivity contribution < 1.29 is 27.9 Å². The number of nitrogens with one attached hydrogen (secondary N) is 1. The second kappa shape index (κ2) is 7.38. The number of esters is 1. The molecule has 1 heterocycles. The van der Waals surface area contributed by atoms with Crippen molar-refractivity contribution in [1.82, 2.24) is 5.32 Å². The first-order chi connectivity index (χ1) is 12.0. The average Bonchev–Trinajstić information content (AvgIpc) is 3.28. The van der Waals surface area contributed by atoms with Crippen LogP contribution in [0.15, 0.2) is 40.8 Å². The molecule has 1 fully saturated rings. The second-order valence-corrected chi connectivity index (χ2v) is 5.84. The zero-order valence-electron chi connectivity index (χ0n) is 13.7. The first-order valence-electron chi connectivity index (χ1n) is 7.99. The van der Waals surface area contributed by atoms with E-state index in [1.165, 1.54) is 37.3 Å². The molecule has 25 heavy (non-hydrogen) atoms. The Morgan fingerprint density at radius 3 is 2.64 bits per heavy atom. The maximum Gasteiger partial charge on any atom is 0.375 e. The van der Waals surface area contributed by atoms with Gasteiger partial charge in [0, 0.05) is 6.04 Å².